The van der Waals surface area contributed by atoms with E-state index >= 15 is 0 Å². The first-order chi connectivity index (χ1) is 18.2. The van der Waals surface area contributed by atoms with Gasteiger partial charge in [-0.3, -0.25) is 4.98 Å². The topological polar surface area (TPSA) is 51.7 Å². The summed E-state index contributed by atoms with van der Waals surface area (Å²) in [4.78, 5) is 18.4. The van der Waals surface area contributed by atoms with Crippen LogP contribution >= 0.6 is 11.8 Å². The summed E-state index contributed by atoms with van der Waals surface area (Å²) in [5.74, 6) is 2.30. The third kappa shape index (κ3) is 6.49. The number of nitrogens with zero attached hydrogens (tertiary/aromatic N) is 2. The molecule has 200 valence electrons. The average Bonchev–Trinajstić information content (AvgIpc) is 2.89. The summed E-state index contributed by atoms with van der Waals surface area (Å²) in [6.07, 6.45) is 4.62. The van der Waals surface area contributed by atoms with Crippen LogP contribution in [-0.2, 0) is 22.7 Å². The van der Waals surface area contributed by atoms with Gasteiger partial charge in [-0.25, -0.2) is 9.18 Å². The number of rotatable bonds is 5. The molecule has 1 spiro atoms. The molecule has 0 aliphatic carbocycles. The molecule has 1 saturated heterocycles. The molecule has 1 fully saturated rings. The number of aromatic nitrogens is 1. The van der Waals surface area contributed by atoms with E-state index in [9.17, 15) is 9.18 Å². The second-order valence-corrected chi connectivity index (χ2v) is 12.2. The highest BCUT2D eigenvalue weighted by Crippen LogP contribution is 2.41. The number of halogens is 1. The van der Waals surface area contributed by atoms with Crippen LogP contribution in [0.5, 0.6) is 5.75 Å². The number of aryl methyl sites for hydroxylation is 1. The zero-order valence-electron chi connectivity index (χ0n) is 22.3. The van der Waals surface area contributed by atoms with Crippen molar-refractivity contribution in [3.63, 3.8) is 0 Å². The highest BCUT2D eigenvalue weighted by atomic mass is 32.2. The second-order valence-electron chi connectivity index (χ2n) is 11.2. The number of hydrogen-bond acceptors (Lipinski definition) is 5. The monoisotopic (exact) mass is 534 g/mol. The van der Waals surface area contributed by atoms with E-state index in [2.05, 4.69) is 47.4 Å². The summed E-state index contributed by atoms with van der Waals surface area (Å²) in [7, 11) is 0. The molecule has 2 aliphatic heterocycles. The van der Waals surface area contributed by atoms with E-state index in [0.717, 1.165) is 48.6 Å². The fourth-order valence-electron chi connectivity index (χ4n) is 5.03. The molecule has 1 amide bonds. The van der Waals surface area contributed by atoms with Crippen LogP contribution in [-0.4, -0.2) is 40.3 Å². The van der Waals surface area contributed by atoms with Gasteiger partial charge in [0.15, 0.2) is 0 Å². The molecule has 0 bridgehead atoms. The molecule has 0 N–H and O–H groups in total. The van der Waals surface area contributed by atoms with Crippen molar-refractivity contribution in [1.82, 2.24) is 9.88 Å². The number of hydrogen-bond donors (Lipinski definition) is 0. The van der Waals surface area contributed by atoms with Crippen LogP contribution < -0.4 is 4.74 Å². The number of ether oxygens (including phenoxy) is 2. The van der Waals surface area contributed by atoms with E-state index in [1.165, 1.54) is 34.5 Å². The lowest BCUT2D eigenvalue weighted by atomic mass is 9.82. The summed E-state index contributed by atoms with van der Waals surface area (Å²) in [5, 5.41) is 0. The largest absolute Gasteiger partial charge is 0.487 e. The van der Waals surface area contributed by atoms with Gasteiger partial charge in [-0.2, -0.15) is 11.8 Å². The van der Waals surface area contributed by atoms with Crippen molar-refractivity contribution in [3.05, 3.63) is 83.4 Å². The van der Waals surface area contributed by atoms with Crippen LogP contribution in [0.2, 0.25) is 0 Å². The number of carbonyl (C=O) groups is 1. The number of pyridine rings is 1. The van der Waals surface area contributed by atoms with Crippen LogP contribution in [0.25, 0.3) is 11.1 Å². The molecule has 0 saturated carbocycles. The first-order valence-electron chi connectivity index (χ1n) is 13.3. The van der Waals surface area contributed by atoms with E-state index in [0.29, 0.717) is 13.1 Å². The normalized spacial score (nSPS) is 16.6. The standard InChI is InChI=1S/C31H35FN2O3S/c1-30(2,3)37-29(35)34-16-14-31(15-17-34)13-12-25-18-24(8-11-28(25)36-31)23-6-4-22(5-7-23)20-38-21-27-10-9-26(32)19-33-27/h4-11,18-19H,12-17,20-21H2,1-3H3. The van der Waals surface area contributed by atoms with Gasteiger partial charge in [0.25, 0.3) is 0 Å². The zero-order valence-corrected chi connectivity index (χ0v) is 23.2. The highest BCUT2D eigenvalue weighted by Gasteiger charge is 2.41. The van der Waals surface area contributed by atoms with Gasteiger partial charge in [-0.15, -0.1) is 0 Å². The molecular weight excluding hydrogens is 499 g/mol. The third-order valence-corrected chi connectivity index (χ3v) is 8.20. The Hall–Kier alpha value is -3.06. The molecule has 5 rings (SSSR count). The molecule has 3 heterocycles. The summed E-state index contributed by atoms with van der Waals surface area (Å²) < 4.78 is 25.1. The molecule has 3 aromatic rings. The van der Waals surface area contributed by atoms with Crippen LogP contribution in [0.3, 0.4) is 0 Å². The minimum absolute atomic E-state index is 0.199. The number of amides is 1. The van der Waals surface area contributed by atoms with E-state index < -0.39 is 5.60 Å². The van der Waals surface area contributed by atoms with Crippen molar-refractivity contribution in [3.8, 4) is 16.9 Å². The molecule has 38 heavy (non-hydrogen) atoms. The minimum atomic E-state index is -0.480. The predicted molar refractivity (Wildman–Crippen MR) is 150 cm³/mol. The van der Waals surface area contributed by atoms with Crippen LogP contribution in [0.1, 0.15) is 56.9 Å². The maximum Gasteiger partial charge on any atom is 0.410 e. The van der Waals surface area contributed by atoms with Crippen LogP contribution in [0, 0.1) is 5.82 Å². The summed E-state index contributed by atoms with van der Waals surface area (Å²) in [6, 6.07) is 18.4. The first-order valence-corrected chi connectivity index (χ1v) is 14.4. The van der Waals surface area contributed by atoms with Gasteiger partial charge in [-0.1, -0.05) is 30.3 Å². The first kappa shape index (κ1) is 26.5. The predicted octanol–water partition coefficient (Wildman–Crippen LogP) is 7.42. The number of fused-ring (bicyclic) bond motifs is 1. The van der Waals surface area contributed by atoms with Crippen LogP contribution in [0.15, 0.2) is 60.8 Å². The van der Waals surface area contributed by atoms with E-state index in [1.807, 2.05) is 20.8 Å². The van der Waals surface area contributed by atoms with E-state index in [-0.39, 0.29) is 17.5 Å². The van der Waals surface area contributed by atoms with Gasteiger partial charge in [-0.05, 0) is 80.1 Å². The number of thioether (sulfide) groups is 1. The van der Waals surface area contributed by atoms with Crippen molar-refractivity contribution in [2.24, 2.45) is 0 Å². The van der Waals surface area contributed by atoms with Crippen molar-refractivity contribution in [2.45, 2.75) is 69.2 Å². The fourth-order valence-corrected chi connectivity index (χ4v) is 5.94. The second kappa shape index (κ2) is 11.0. The van der Waals surface area contributed by atoms with E-state index in [1.54, 1.807) is 22.7 Å². The Morgan fingerprint density at radius 2 is 1.76 bits per heavy atom. The molecule has 2 aliphatic rings. The Balaban J connectivity index is 1.16. The minimum Gasteiger partial charge on any atom is -0.487 e. The Kier molecular flexibility index (Phi) is 7.66. The summed E-state index contributed by atoms with van der Waals surface area (Å²) >= 11 is 1.77. The van der Waals surface area contributed by atoms with Gasteiger partial charge < -0.3 is 14.4 Å². The smallest absolute Gasteiger partial charge is 0.410 e. The molecule has 5 nitrogen and oxygen atoms in total. The Labute approximate surface area is 228 Å². The van der Waals surface area contributed by atoms with Gasteiger partial charge in [0, 0.05) is 37.4 Å². The van der Waals surface area contributed by atoms with Crippen molar-refractivity contribution >= 4 is 17.9 Å². The Bertz CT molecular complexity index is 1260. The molecular formula is C31H35FN2O3S. The average molecular weight is 535 g/mol. The maximum atomic E-state index is 13.0. The Morgan fingerprint density at radius 3 is 2.45 bits per heavy atom. The van der Waals surface area contributed by atoms with Crippen molar-refractivity contribution in [1.29, 1.82) is 0 Å². The van der Waals surface area contributed by atoms with Gasteiger partial charge in [0.1, 0.15) is 22.8 Å². The van der Waals surface area contributed by atoms with Gasteiger partial charge in [0.2, 0.25) is 0 Å². The lowest BCUT2D eigenvalue weighted by Crippen LogP contribution is -2.52. The number of carbonyl (C=O) groups excluding carboxylic acids is 1. The SMILES string of the molecule is CC(C)(C)OC(=O)N1CCC2(CCc3cc(-c4ccc(CSCc5ccc(F)cn5)cc4)ccc3O2)CC1. The highest BCUT2D eigenvalue weighted by molar-refractivity contribution is 7.97. The third-order valence-electron chi connectivity index (χ3n) is 7.16. The molecule has 0 unspecified atom stereocenters. The quantitative estimate of drug-likeness (QED) is 0.341. The Morgan fingerprint density at radius 1 is 1.03 bits per heavy atom. The van der Waals surface area contributed by atoms with E-state index in [4.69, 9.17) is 9.47 Å². The lowest BCUT2D eigenvalue weighted by Gasteiger charge is -2.44. The zero-order chi connectivity index (χ0) is 26.8. The number of benzene rings is 2. The van der Waals surface area contributed by atoms with Crippen molar-refractivity contribution < 1.29 is 18.7 Å². The number of likely N-dealkylation sites (tertiary alicyclic amines) is 1. The van der Waals surface area contributed by atoms with Crippen LogP contribution in [0.4, 0.5) is 9.18 Å². The summed E-state index contributed by atoms with van der Waals surface area (Å²) in [6.45, 7) is 7.01. The van der Waals surface area contributed by atoms with Gasteiger partial charge >= 0.3 is 6.09 Å². The summed E-state index contributed by atoms with van der Waals surface area (Å²) in [5.41, 5.74) is 5.09. The van der Waals surface area contributed by atoms with Gasteiger partial charge in [0.05, 0.1) is 11.9 Å². The lowest BCUT2D eigenvalue weighted by molar-refractivity contribution is -0.0272. The molecule has 7 heteroatoms. The van der Waals surface area contributed by atoms with Crippen molar-refractivity contribution in [2.75, 3.05) is 13.1 Å². The molecule has 0 radical (unpaired) electrons. The molecule has 2 aromatic carbocycles. The number of piperidine rings is 1. The molecule has 1 aromatic heterocycles. The maximum absolute atomic E-state index is 13.0. The molecule has 0 atom stereocenters. The fraction of sp³-hybridized carbons (Fsp3) is 0.419.